The molecule has 1 aromatic heterocycles. The van der Waals surface area contributed by atoms with Gasteiger partial charge in [-0.2, -0.15) is 11.3 Å². The largest absolute Gasteiger partial charge is 0.346 e. The van der Waals surface area contributed by atoms with Crippen molar-refractivity contribution in [2.45, 2.75) is 50.6 Å². The summed E-state index contributed by atoms with van der Waals surface area (Å²) < 4.78 is 0. The number of hydrogen-bond donors (Lipinski definition) is 2. The molecule has 150 valence electrons. The quantitative estimate of drug-likeness (QED) is 0.594. The van der Waals surface area contributed by atoms with Crippen LogP contribution in [-0.4, -0.2) is 67.4 Å². The van der Waals surface area contributed by atoms with Crippen molar-refractivity contribution in [2.75, 3.05) is 39.8 Å². The highest BCUT2D eigenvalue weighted by atomic mass is 32.1. The molecule has 1 aliphatic carbocycles. The molecule has 1 unspecified atom stereocenters. The standard InChI is InChI=1S/C20H32N4O2S/c1-23-9-11-24(12-10-23)18(16-8-13-27-15-16)14-21-19(25)20(26)22-17-6-4-2-3-5-7-17/h8,13,15,17-18H,2-7,9-12,14H2,1H3,(H,21,25)(H,22,26). The number of hydrogen-bond acceptors (Lipinski definition) is 5. The highest BCUT2D eigenvalue weighted by molar-refractivity contribution is 7.07. The topological polar surface area (TPSA) is 64.7 Å². The summed E-state index contributed by atoms with van der Waals surface area (Å²) in [6, 6.07) is 2.39. The van der Waals surface area contributed by atoms with Crippen LogP contribution in [-0.2, 0) is 9.59 Å². The van der Waals surface area contributed by atoms with Gasteiger partial charge in [-0.05, 0) is 42.3 Å². The molecule has 2 heterocycles. The molecule has 0 aromatic carbocycles. The molecule has 7 heteroatoms. The van der Waals surface area contributed by atoms with E-state index in [9.17, 15) is 9.59 Å². The van der Waals surface area contributed by atoms with Crippen LogP contribution in [0.3, 0.4) is 0 Å². The summed E-state index contributed by atoms with van der Waals surface area (Å²) in [5.74, 6) is -0.988. The van der Waals surface area contributed by atoms with Gasteiger partial charge in [0.1, 0.15) is 0 Å². The molecule has 1 aliphatic heterocycles. The van der Waals surface area contributed by atoms with Crippen LogP contribution < -0.4 is 10.6 Å². The molecule has 2 N–H and O–H groups in total. The number of thiophene rings is 1. The Bertz CT molecular complexity index is 591. The summed E-state index contributed by atoms with van der Waals surface area (Å²) in [7, 11) is 2.14. The third kappa shape index (κ3) is 6.02. The minimum Gasteiger partial charge on any atom is -0.346 e. The van der Waals surface area contributed by atoms with Gasteiger partial charge in [0.15, 0.2) is 0 Å². The van der Waals surface area contributed by atoms with E-state index in [2.05, 4.69) is 44.3 Å². The zero-order valence-corrected chi connectivity index (χ0v) is 17.1. The Hall–Kier alpha value is -1.44. The highest BCUT2D eigenvalue weighted by Crippen LogP contribution is 2.23. The fourth-order valence-corrected chi connectivity index (χ4v) is 4.71. The molecule has 0 radical (unpaired) electrons. The van der Waals surface area contributed by atoms with E-state index in [1.807, 2.05) is 0 Å². The summed E-state index contributed by atoms with van der Waals surface area (Å²) in [6.07, 6.45) is 6.69. The molecule has 0 spiro atoms. The van der Waals surface area contributed by atoms with Gasteiger partial charge in [0.05, 0.1) is 6.04 Å². The van der Waals surface area contributed by atoms with Gasteiger partial charge in [0.2, 0.25) is 0 Å². The zero-order chi connectivity index (χ0) is 19.1. The normalized spacial score (nSPS) is 21.4. The number of carbonyl (C=O) groups excluding carboxylic acids is 2. The van der Waals surface area contributed by atoms with Crippen molar-refractivity contribution in [1.29, 1.82) is 0 Å². The SMILES string of the molecule is CN1CCN(C(CNC(=O)C(=O)NC2CCCCCC2)c2ccsc2)CC1. The van der Waals surface area contributed by atoms with Gasteiger partial charge in [-0.25, -0.2) is 0 Å². The van der Waals surface area contributed by atoms with E-state index < -0.39 is 11.8 Å². The lowest BCUT2D eigenvalue weighted by Gasteiger charge is -2.37. The Morgan fingerprint density at radius 3 is 2.44 bits per heavy atom. The van der Waals surface area contributed by atoms with Gasteiger partial charge in [0, 0.05) is 38.8 Å². The van der Waals surface area contributed by atoms with Crippen LogP contribution in [0, 0.1) is 0 Å². The minimum atomic E-state index is -0.506. The van der Waals surface area contributed by atoms with Crippen LogP contribution in [0.1, 0.15) is 50.1 Å². The van der Waals surface area contributed by atoms with Gasteiger partial charge in [0.25, 0.3) is 0 Å². The van der Waals surface area contributed by atoms with Crippen LogP contribution >= 0.6 is 11.3 Å². The Morgan fingerprint density at radius 2 is 1.81 bits per heavy atom. The molecule has 1 saturated carbocycles. The predicted molar refractivity (Wildman–Crippen MR) is 109 cm³/mol. The Labute approximate surface area is 166 Å². The zero-order valence-electron chi connectivity index (χ0n) is 16.3. The fraction of sp³-hybridized carbons (Fsp3) is 0.700. The van der Waals surface area contributed by atoms with E-state index in [4.69, 9.17) is 0 Å². The summed E-state index contributed by atoms with van der Waals surface area (Å²) in [4.78, 5) is 29.4. The predicted octanol–water partition coefficient (Wildman–Crippen LogP) is 1.99. The maximum Gasteiger partial charge on any atom is 0.309 e. The second-order valence-electron chi connectivity index (χ2n) is 7.78. The van der Waals surface area contributed by atoms with Crippen LogP contribution in [0.5, 0.6) is 0 Å². The van der Waals surface area contributed by atoms with Crippen LogP contribution in [0.4, 0.5) is 0 Å². The van der Waals surface area contributed by atoms with E-state index >= 15 is 0 Å². The maximum atomic E-state index is 12.4. The van der Waals surface area contributed by atoms with Crippen molar-refractivity contribution in [3.8, 4) is 0 Å². The van der Waals surface area contributed by atoms with E-state index in [0.717, 1.165) is 51.9 Å². The summed E-state index contributed by atoms with van der Waals surface area (Å²) in [5.41, 5.74) is 1.22. The number of nitrogens with one attached hydrogen (secondary N) is 2. The number of carbonyl (C=O) groups is 2. The lowest BCUT2D eigenvalue weighted by molar-refractivity contribution is -0.139. The smallest absolute Gasteiger partial charge is 0.309 e. The van der Waals surface area contributed by atoms with Gasteiger partial charge >= 0.3 is 11.8 Å². The number of piperazine rings is 1. The van der Waals surface area contributed by atoms with Crippen molar-refractivity contribution in [3.63, 3.8) is 0 Å². The molecule has 1 aromatic rings. The second-order valence-corrected chi connectivity index (χ2v) is 8.56. The summed E-state index contributed by atoms with van der Waals surface area (Å²) in [6.45, 7) is 4.47. The molecule has 0 bridgehead atoms. The third-order valence-corrected chi connectivity index (χ3v) is 6.46. The van der Waals surface area contributed by atoms with Crippen molar-refractivity contribution in [1.82, 2.24) is 20.4 Å². The monoisotopic (exact) mass is 392 g/mol. The molecule has 27 heavy (non-hydrogen) atoms. The van der Waals surface area contributed by atoms with Gasteiger partial charge < -0.3 is 15.5 Å². The molecule has 6 nitrogen and oxygen atoms in total. The first-order valence-electron chi connectivity index (χ1n) is 10.2. The third-order valence-electron chi connectivity index (χ3n) is 5.76. The lowest BCUT2D eigenvalue weighted by atomic mass is 10.1. The lowest BCUT2D eigenvalue weighted by Crippen LogP contribution is -2.50. The van der Waals surface area contributed by atoms with Crippen molar-refractivity contribution in [3.05, 3.63) is 22.4 Å². The molecule has 2 amide bonds. The summed E-state index contributed by atoms with van der Waals surface area (Å²) >= 11 is 1.67. The minimum absolute atomic E-state index is 0.125. The van der Waals surface area contributed by atoms with Crippen molar-refractivity contribution < 1.29 is 9.59 Å². The summed E-state index contributed by atoms with van der Waals surface area (Å²) in [5, 5.41) is 10.0. The van der Waals surface area contributed by atoms with Gasteiger partial charge in [-0.15, -0.1) is 0 Å². The Kier molecular flexibility index (Phi) is 7.67. The van der Waals surface area contributed by atoms with E-state index in [-0.39, 0.29) is 12.1 Å². The van der Waals surface area contributed by atoms with E-state index in [1.54, 1.807) is 11.3 Å². The van der Waals surface area contributed by atoms with Gasteiger partial charge in [-0.1, -0.05) is 25.7 Å². The van der Waals surface area contributed by atoms with Crippen molar-refractivity contribution >= 4 is 23.2 Å². The van der Waals surface area contributed by atoms with Gasteiger partial charge in [-0.3, -0.25) is 14.5 Å². The molecule has 1 saturated heterocycles. The second kappa shape index (κ2) is 10.2. The highest BCUT2D eigenvalue weighted by Gasteiger charge is 2.26. The first-order valence-corrected chi connectivity index (χ1v) is 11.1. The Morgan fingerprint density at radius 1 is 1.11 bits per heavy atom. The number of amides is 2. The van der Waals surface area contributed by atoms with Crippen LogP contribution in [0.15, 0.2) is 16.8 Å². The molecular formula is C20H32N4O2S. The number of rotatable bonds is 5. The molecule has 1 atom stereocenters. The van der Waals surface area contributed by atoms with Crippen molar-refractivity contribution in [2.24, 2.45) is 0 Å². The molecule has 2 fully saturated rings. The first kappa shape index (κ1) is 20.3. The number of likely N-dealkylation sites (N-methyl/N-ethyl adjacent to an activating group) is 1. The van der Waals surface area contributed by atoms with Crippen LogP contribution in [0.25, 0.3) is 0 Å². The average Bonchev–Trinajstić information content (AvgIpc) is 3.08. The fourth-order valence-electron chi connectivity index (χ4n) is 4.00. The molecular weight excluding hydrogens is 360 g/mol. The molecule has 2 aliphatic rings. The number of nitrogens with zero attached hydrogens (tertiary/aromatic N) is 2. The first-order chi connectivity index (χ1) is 13.1. The Balaban J connectivity index is 1.53. The molecule has 3 rings (SSSR count). The van der Waals surface area contributed by atoms with Crippen LogP contribution in [0.2, 0.25) is 0 Å². The van der Waals surface area contributed by atoms with E-state index in [1.165, 1.54) is 18.4 Å². The van der Waals surface area contributed by atoms with E-state index in [0.29, 0.717) is 6.54 Å². The average molecular weight is 393 g/mol. The maximum absolute atomic E-state index is 12.4.